The van der Waals surface area contributed by atoms with Crippen LogP contribution in [0, 0.1) is 17.1 Å². The third-order valence-corrected chi connectivity index (χ3v) is 4.60. The number of hydrogen-bond donors (Lipinski definition) is 1. The van der Waals surface area contributed by atoms with Crippen LogP contribution in [0.5, 0.6) is 0 Å². The van der Waals surface area contributed by atoms with Crippen LogP contribution in [0.15, 0.2) is 65.7 Å². The van der Waals surface area contributed by atoms with Gasteiger partial charge in [-0.2, -0.15) is 10.4 Å². The van der Waals surface area contributed by atoms with Crippen molar-refractivity contribution in [3.8, 4) is 11.8 Å². The molecule has 2 aromatic carbocycles. The fourth-order valence-electron chi connectivity index (χ4n) is 2.09. The summed E-state index contributed by atoms with van der Waals surface area (Å²) in [6, 6.07) is 15.1. The number of benzene rings is 2. The van der Waals surface area contributed by atoms with Gasteiger partial charge in [0.2, 0.25) is 0 Å². The summed E-state index contributed by atoms with van der Waals surface area (Å²) in [5.41, 5.74) is 0.667. The van der Waals surface area contributed by atoms with Gasteiger partial charge >= 0.3 is 0 Å². The van der Waals surface area contributed by atoms with E-state index in [-0.39, 0.29) is 16.3 Å². The molecular weight excluding hydrogens is 331 g/mol. The summed E-state index contributed by atoms with van der Waals surface area (Å²) >= 11 is 0. The van der Waals surface area contributed by atoms with Gasteiger partial charge in [-0.3, -0.25) is 4.72 Å². The van der Waals surface area contributed by atoms with Crippen LogP contribution < -0.4 is 4.72 Å². The molecule has 0 aliphatic heterocycles. The van der Waals surface area contributed by atoms with E-state index < -0.39 is 15.8 Å². The molecule has 1 aromatic heterocycles. The second kappa shape index (κ2) is 6.14. The lowest BCUT2D eigenvalue weighted by Crippen LogP contribution is -2.16. The van der Waals surface area contributed by atoms with E-state index >= 15 is 0 Å². The predicted octanol–water partition coefficient (Wildman–Crippen LogP) is 2.68. The smallest absolute Gasteiger partial charge is 0.262 e. The Morgan fingerprint density at radius 1 is 1.08 bits per heavy atom. The average Bonchev–Trinajstić information content (AvgIpc) is 2.98. The Morgan fingerprint density at radius 2 is 1.75 bits per heavy atom. The standard InChI is InChI=1S/C16H11FN4O2S/c17-13-6-8-15(9-7-13)24(22,23)20-16-12(10-18)11-19-21(16)14-4-2-1-3-5-14/h1-9,11,20H. The topological polar surface area (TPSA) is 87.8 Å². The molecule has 3 aromatic rings. The van der Waals surface area contributed by atoms with Crippen LogP contribution in [-0.2, 0) is 10.0 Å². The first-order valence-electron chi connectivity index (χ1n) is 6.83. The number of anilines is 1. The molecule has 1 N–H and O–H groups in total. The average molecular weight is 342 g/mol. The van der Waals surface area contributed by atoms with Crippen LogP contribution in [0.4, 0.5) is 10.2 Å². The first kappa shape index (κ1) is 15.7. The van der Waals surface area contributed by atoms with Crippen molar-refractivity contribution in [2.75, 3.05) is 4.72 Å². The van der Waals surface area contributed by atoms with E-state index in [9.17, 15) is 18.1 Å². The highest BCUT2D eigenvalue weighted by molar-refractivity contribution is 7.92. The zero-order valence-corrected chi connectivity index (χ0v) is 13.0. The maximum absolute atomic E-state index is 13.0. The first-order valence-corrected chi connectivity index (χ1v) is 8.31. The van der Waals surface area contributed by atoms with E-state index in [0.29, 0.717) is 5.69 Å². The van der Waals surface area contributed by atoms with Crippen molar-refractivity contribution in [3.63, 3.8) is 0 Å². The van der Waals surface area contributed by atoms with Gasteiger partial charge in [-0.05, 0) is 36.4 Å². The third-order valence-electron chi connectivity index (χ3n) is 3.25. The van der Waals surface area contributed by atoms with Gasteiger partial charge in [0.1, 0.15) is 17.4 Å². The fraction of sp³-hybridized carbons (Fsp3) is 0. The van der Waals surface area contributed by atoms with Gasteiger partial charge in [-0.1, -0.05) is 18.2 Å². The zero-order chi connectivity index (χ0) is 17.2. The largest absolute Gasteiger partial charge is 0.263 e. The quantitative estimate of drug-likeness (QED) is 0.789. The van der Waals surface area contributed by atoms with Crippen molar-refractivity contribution in [3.05, 3.63) is 72.2 Å². The first-order chi connectivity index (χ1) is 11.5. The normalized spacial score (nSPS) is 11.0. The van der Waals surface area contributed by atoms with Crippen molar-refractivity contribution in [1.29, 1.82) is 5.26 Å². The summed E-state index contributed by atoms with van der Waals surface area (Å²) in [4.78, 5) is -0.117. The van der Waals surface area contributed by atoms with Gasteiger partial charge in [-0.25, -0.2) is 17.5 Å². The van der Waals surface area contributed by atoms with Crippen molar-refractivity contribution in [2.24, 2.45) is 0 Å². The number of nitrogens with one attached hydrogen (secondary N) is 1. The number of sulfonamides is 1. The van der Waals surface area contributed by atoms with Crippen molar-refractivity contribution in [2.45, 2.75) is 4.90 Å². The van der Waals surface area contributed by atoms with Gasteiger partial charge in [0, 0.05) is 0 Å². The molecule has 0 radical (unpaired) electrons. The Labute approximate surface area is 137 Å². The molecule has 0 saturated heterocycles. The number of hydrogen-bond acceptors (Lipinski definition) is 4. The summed E-state index contributed by atoms with van der Waals surface area (Å²) in [6.45, 7) is 0. The lowest BCUT2D eigenvalue weighted by atomic mass is 10.3. The highest BCUT2D eigenvalue weighted by Crippen LogP contribution is 2.23. The maximum Gasteiger partial charge on any atom is 0.263 e. The summed E-state index contributed by atoms with van der Waals surface area (Å²) < 4.78 is 41.6. The molecule has 0 bridgehead atoms. The van der Waals surface area contributed by atoms with Crippen LogP contribution >= 0.6 is 0 Å². The summed E-state index contributed by atoms with van der Waals surface area (Å²) in [7, 11) is -3.99. The highest BCUT2D eigenvalue weighted by Gasteiger charge is 2.20. The summed E-state index contributed by atoms with van der Waals surface area (Å²) in [5.74, 6) is -0.519. The van der Waals surface area contributed by atoms with Crippen molar-refractivity contribution >= 4 is 15.8 Å². The fourth-order valence-corrected chi connectivity index (χ4v) is 3.16. The third kappa shape index (κ3) is 2.98. The number of rotatable bonds is 4. The molecule has 24 heavy (non-hydrogen) atoms. The summed E-state index contributed by atoms with van der Waals surface area (Å²) in [6.07, 6.45) is 1.27. The van der Waals surface area contributed by atoms with E-state index in [0.717, 1.165) is 24.3 Å². The highest BCUT2D eigenvalue weighted by atomic mass is 32.2. The van der Waals surface area contributed by atoms with E-state index in [4.69, 9.17) is 0 Å². The Bertz CT molecular complexity index is 1010. The van der Waals surface area contributed by atoms with Gasteiger partial charge in [0.25, 0.3) is 10.0 Å². The Kier molecular flexibility index (Phi) is 4.02. The summed E-state index contributed by atoms with van der Waals surface area (Å²) in [5, 5.41) is 13.3. The van der Waals surface area contributed by atoms with Gasteiger partial charge < -0.3 is 0 Å². The molecule has 8 heteroatoms. The van der Waals surface area contributed by atoms with Crippen LogP contribution in [0.2, 0.25) is 0 Å². The molecule has 0 aliphatic rings. The number of nitriles is 1. The minimum absolute atomic E-state index is 0.0213. The van der Waals surface area contributed by atoms with Crippen LogP contribution in [0.3, 0.4) is 0 Å². The second-order valence-corrected chi connectivity index (χ2v) is 6.51. The molecule has 3 rings (SSSR count). The Balaban J connectivity index is 2.05. The monoisotopic (exact) mass is 342 g/mol. The Morgan fingerprint density at radius 3 is 2.38 bits per heavy atom. The van der Waals surface area contributed by atoms with Crippen molar-refractivity contribution < 1.29 is 12.8 Å². The van der Waals surface area contributed by atoms with E-state index in [2.05, 4.69) is 9.82 Å². The van der Waals surface area contributed by atoms with Gasteiger partial charge in [-0.15, -0.1) is 0 Å². The maximum atomic E-state index is 13.0. The van der Waals surface area contributed by atoms with Crippen LogP contribution in [0.25, 0.3) is 5.69 Å². The van der Waals surface area contributed by atoms with Crippen LogP contribution in [-0.4, -0.2) is 18.2 Å². The van der Waals surface area contributed by atoms with E-state index in [1.807, 2.05) is 6.07 Å². The van der Waals surface area contributed by atoms with Crippen molar-refractivity contribution in [1.82, 2.24) is 9.78 Å². The number of halogens is 1. The molecule has 0 amide bonds. The number of nitrogens with zero attached hydrogens (tertiary/aromatic N) is 3. The van der Waals surface area contributed by atoms with E-state index in [1.54, 1.807) is 30.3 Å². The minimum Gasteiger partial charge on any atom is -0.262 e. The molecule has 1 heterocycles. The number of para-hydroxylation sites is 1. The molecule has 120 valence electrons. The SMILES string of the molecule is N#Cc1cnn(-c2ccccc2)c1NS(=O)(=O)c1ccc(F)cc1. The molecule has 0 atom stereocenters. The second-order valence-electron chi connectivity index (χ2n) is 4.83. The Hall–Kier alpha value is -3.18. The lowest BCUT2D eigenvalue weighted by Gasteiger charge is -2.11. The lowest BCUT2D eigenvalue weighted by molar-refractivity contribution is 0.599. The van der Waals surface area contributed by atoms with Crippen LogP contribution in [0.1, 0.15) is 5.56 Å². The van der Waals surface area contributed by atoms with E-state index in [1.165, 1.54) is 10.9 Å². The molecule has 6 nitrogen and oxygen atoms in total. The minimum atomic E-state index is -3.99. The van der Waals surface area contributed by atoms with Gasteiger partial charge in [0.15, 0.2) is 5.82 Å². The molecule has 0 fully saturated rings. The molecule has 0 unspecified atom stereocenters. The molecule has 0 aliphatic carbocycles. The molecule has 0 spiro atoms. The molecular formula is C16H11FN4O2S. The number of aromatic nitrogens is 2. The van der Waals surface area contributed by atoms with Gasteiger partial charge in [0.05, 0.1) is 16.8 Å². The predicted molar refractivity (Wildman–Crippen MR) is 85.5 cm³/mol. The molecule has 0 saturated carbocycles. The zero-order valence-electron chi connectivity index (χ0n) is 12.2.